The maximum Gasteiger partial charge on any atom is 0.278 e. The average molecular weight is 470 g/mol. The Morgan fingerprint density at radius 3 is 2.23 bits per heavy atom. The highest BCUT2D eigenvalue weighted by molar-refractivity contribution is 7.99. The lowest BCUT2D eigenvalue weighted by Gasteiger charge is -2.08. The molecule has 4 aromatic rings. The number of carbonyl (C=O) groups excluding carboxylic acids is 1. The van der Waals surface area contributed by atoms with E-state index in [0.717, 1.165) is 9.79 Å². The van der Waals surface area contributed by atoms with E-state index in [1.165, 1.54) is 34.8 Å². The predicted octanol–water partition coefficient (Wildman–Crippen LogP) is 6.60. The summed E-state index contributed by atoms with van der Waals surface area (Å²) in [4.78, 5) is 25.2. The number of benzene rings is 3. The van der Waals surface area contributed by atoms with Crippen LogP contribution in [0.3, 0.4) is 0 Å². The highest BCUT2D eigenvalue weighted by atomic mass is 35.5. The maximum absolute atomic E-state index is 12.7. The van der Waals surface area contributed by atoms with Gasteiger partial charge >= 0.3 is 0 Å². The van der Waals surface area contributed by atoms with Gasteiger partial charge < -0.3 is 0 Å². The quantitative estimate of drug-likeness (QED) is 0.242. The molecule has 0 spiro atoms. The molecular formula is C22H13Cl2N3O3S. The Morgan fingerprint density at radius 1 is 0.935 bits per heavy atom. The monoisotopic (exact) mass is 469 g/mol. The number of nitro benzene ring substituents is 1. The van der Waals surface area contributed by atoms with Gasteiger partial charge in [0.15, 0.2) is 0 Å². The first-order valence-electron chi connectivity index (χ1n) is 8.99. The first-order valence-corrected chi connectivity index (χ1v) is 10.6. The maximum atomic E-state index is 12.7. The number of rotatable bonds is 5. The van der Waals surface area contributed by atoms with E-state index in [0.29, 0.717) is 26.9 Å². The van der Waals surface area contributed by atoms with Crippen LogP contribution in [0.2, 0.25) is 10.0 Å². The van der Waals surface area contributed by atoms with Crippen LogP contribution in [0.1, 0.15) is 10.4 Å². The van der Waals surface area contributed by atoms with Gasteiger partial charge in [0.25, 0.3) is 11.6 Å². The van der Waals surface area contributed by atoms with Gasteiger partial charge in [-0.2, -0.15) is 5.10 Å². The fourth-order valence-corrected chi connectivity index (χ4v) is 4.04. The van der Waals surface area contributed by atoms with Crippen molar-refractivity contribution in [3.63, 3.8) is 0 Å². The molecule has 0 aliphatic carbocycles. The fourth-order valence-electron chi connectivity index (χ4n) is 2.86. The molecule has 9 heteroatoms. The second-order valence-electron chi connectivity index (χ2n) is 6.45. The summed E-state index contributed by atoms with van der Waals surface area (Å²) < 4.78 is 1.20. The number of carbonyl (C=O) groups is 1. The topological polar surface area (TPSA) is 78.0 Å². The summed E-state index contributed by atoms with van der Waals surface area (Å²) in [5, 5.41) is 16.8. The van der Waals surface area contributed by atoms with E-state index in [9.17, 15) is 14.9 Å². The number of nitro groups is 1. The normalized spacial score (nSPS) is 10.8. The van der Waals surface area contributed by atoms with Crippen LogP contribution in [0.5, 0.6) is 0 Å². The zero-order valence-electron chi connectivity index (χ0n) is 15.7. The van der Waals surface area contributed by atoms with Crippen LogP contribution in [0.4, 0.5) is 5.69 Å². The number of hydrogen-bond donors (Lipinski definition) is 0. The van der Waals surface area contributed by atoms with Crippen molar-refractivity contribution in [3.05, 3.63) is 105 Å². The molecule has 0 aliphatic heterocycles. The van der Waals surface area contributed by atoms with Crippen molar-refractivity contribution in [1.29, 1.82) is 0 Å². The minimum Gasteiger partial charge on any atom is -0.267 e. The molecule has 0 bridgehead atoms. The lowest BCUT2D eigenvalue weighted by atomic mass is 10.1. The van der Waals surface area contributed by atoms with Crippen molar-refractivity contribution in [2.75, 3.05) is 0 Å². The van der Waals surface area contributed by atoms with E-state index in [1.807, 2.05) is 12.1 Å². The van der Waals surface area contributed by atoms with E-state index >= 15 is 0 Å². The first kappa shape index (κ1) is 21.1. The largest absolute Gasteiger partial charge is 0.278 e. The summed E-state index contributed by atoms with van der Waals surface area (Å²) in [5.74, 6) is -0.333. The second-order valence-corrected chi connectivity index (χ2v) is 8.44. The highest BCUT2D eigenvalue weighted by Crippen LogP contribution is 2.38. The molecule has 6 nitrogen and oxygen atoms in total. The Balaban J connectivity index is 1.71. The number of nitrogens with zero attached hydrogens (tertiary/aromatic N) is 3. The van der Waals surface area contributed by atoms with E-state index in [4.69, 9.17) is 23.2 Å². The third-order valence-corrected chi connectivity index (χ3v) is 5.97. The van der Waals surface area contributed by atoms with Gasteiger partial charge in [0, 0.05) is 49.3 Å². The molecule has 0 radical (unpaired) electrons. The van der Waals surface area contributed by atoms with Crippen LogP contribution >= 0.6 is 35.0 Å². The SMILES string of the molecule is O=C(c1ccc(Cl)cc1)n1ccc(-c2cc([N+](=O)[O-])ccc2Sc2ccc(Cl)cc2)n1. The molecule has 4 rings (SSSR count). The van der Waals surface area contributed by atoms with Crippen LogP contribution in [0.25, 0.3) is 11.3 Å². The molecule has 1 aromatic heterocycles. The van der Waals surface area contributed by atoms with Crippen molar-refractivity contribution in [2.45, 2.75) is 9.79 Å². The Hall–Kier alpha value is -3.13. The van der Waals surface area contributed by atoms with Crippen LogP contribution in [0.15, 0.2) is 88.8 Å². The number of non-ortho nitro benzene ring substituents is 1. The first-order chi connectivity index (χ1) is 14.9. The summed E-state index contributed by atoms with van der Waals surface area (Å²) in [6.45, 7) is 0. The van der Waals surface area contributed by atoms with Gasteiger partial charge in [0.2, 0.25) is 0 Å². The highest BCUT2D eigenvalue weighted by Gasteiger charge is 2.17. The Bertz CT molecular complexity index is 1270. The summed E-state index contributed by atoms with van der Waals surface area (Å²) in [6.07, 6.45) is 1.53. The smallest absolute Gasteiger partial charge is 0.267 e. The molecule has 3 aromatic carbocycles. The summed E-state index contributed by atoms with van der Waals surface area (Å²) in [6, 6.07) is 20.0. The van der Waals surface area contributed by atoms with E-state index in [1.54, 1.807) is 48.5 Å². The predicted molar refractivity (Wildman–Crippen MR) is 121 cm³/mol. The summed E-state index contributed by atoms with van der Waals surface area (Å²) in [5.41, 5.74) is 1.36. The van der Waals surface area contributed by atoms with Crippen LogP contribution in [-0.4, -0.2) is 20.6 Å². The Morgan fingerprint density at radius 2 is 1.58 bits per heavy atom. The van der Waals surface area contributed by atoms with Gasteiger partial charge in [-0.3, -0.25) is 14.9 Å². The van der Waals surface area contributed by atoms with Crippen LogP contribution in [0, 0.1) is 10.1 Å². The van der Waals surface area contributed by atoms with Crippen molar-refractivity contribution >= 4 is 46.6 Å². The molecule has 31 heavy (non-hydrogen) atoms. The van der Waals surface area contributed by atoms with E-state index in [-0.39, 0.29) is 11.6 Å². The van der Waals surface area contributed by atoms with Gasteiger partial charge in [0.05, 0.1) is 10.6 Å². The molecule has 1 heterocycles. The van der Waals surface area contributed by atoms with Crippen molar-refractivity contribution in [2.24, 2.45) is 0 Å². The molecule has 0 saturated carbocycles. The van der Waals surface area contributed by atoms with Gasteiger partial charge in [-0.05, 0) is 60.7 Å². The Kier molecular flexibility index (Phi) is 6.08. The van der Waals surface area contributed by atoms with E-state index in [2.05, 4.69) is 5.10 Å². The van der Waals surface area contributed by atoms with Crippen molar-refractivity contribution < 1.29 is 9.72 Å². The van der Waals surface area contributed by atoms with E-state index < -0.39 is 4.92 Å². The number of halogens is 2. The van der Waals surface area contributed by atoms with Crippen LogP contribution in [-0.2, 0) is 0 Å². The molecule has 0 atom stereocenters. The lowest BCUT2D eigenvalue weighted by molar-refractivity contribution is -0.384. The van der Waals surface area contributed by atoms with Gasteiger partial charge in [0.1, 0.15) is 0 Å². The summed E-state index contributed by atoms with van der Waals surface area (Å²) >= 11 is 13.3. The zero-order valence-corrected chi connectivity index (χ0v) is 18.1. The number of aromatic nitrogens is 2. The number of hydrogen-bond acceptors (Lipinski definition) is 5. The van der Waals surface area contributed by atoms with Crippen molar-refractivity contribution in [1.82, 2.24) is 9.78 Å². The standard InChI is InChI=1S/C22H13Cl2N3O3S/c23-15-3-1-14(2-4-15)22(28)26-12-11-20(25-26)19-13-17(27(29)30)7-10-21(19)31-18-8-5-16(24)6-9-18/h1-13H. The zero-order chi connectivity index (χ0) is 22.0. The molecule has 0 saturated heterocycles. The summed E-state index contributed by atoms with van der Waals surface area (Å²) in [7, 11) is 0. The molecular weight excluding hydrogens is 457 g/mol. The van der Waals surface area contributed by atoms with Gasteiger partial charge in [-0.25, -0.2) is 4.68 Å². The lowest BCUT2D eigenvalue weighted by Crippen LogP contribution is -2.12. The third kappa shape index (κ3) is 4.80. The third-order valence-electron chi connectivity index (χ3n) is 4.38. The van der Waals surface area contributed by atoms with Gasteiger partial charge in [-0.15, -0.1) is 0 Å². The average Bonchev–Trinajstić information content (AvgIpc) is 3.25. The molecule has 0 N–H and O–H groups in total. The second kappa shape index (κ2) is 8.93. The molecule has 0 amide bonds. The molecule has 0 aliphatic rings. The minimum absolute atomic E-state index is 0.0611. The molecule has 0 unspecified atom stereocenters. The van der Waals surface area contributed by atoms with Crippen LogP contribution < -0.4 is 0 Å². The fraction of sp³-hybridized carbons (Fsp3) is 0. The molecule has 0 fully saturated rings. The Labute approximate surface area is 191 Å². The minimum atomic E-state index is -0.462. The molecule has 154 valence electrons. The van der Waals surface area contributed by atoms with Gasteiger partial charge in [-0.1, -0.05) is 35.0 Å². The van der Waals surface area contributed by atoms with Crippen molar-refractivity contribution in [3.8, 4) is 11.3 Å².